The molecular weight excluding hydrogens is 300 g/mol. The number of nitrogens with one attached hydrogen (secondary N) is 2. The normalized spacial score (nSPS) is 12.7. The van der Waals surface area contributed by atoms with E-state index in [1.165, 1.54) is 6.20 Å². The van der Waals surface area contributed by atoms with Gasteiger partial charge in [-0.1, -0.05) is 13.2 Å². The largest absolute Gasteiger partial charge is 0.481 e. The summed E-state index contributed by atoms with van der Waals surface area (Å²) in [6.07, 6.45) is 3.22. The fourth-order valence-electron chi connectivity index (χ4n) is 1.97. The molecule has 8 heteroatoms. The third kappa shape index (κ3) is 8.62. The molecule has 7 N–H and O–H groups in total. The minimum absolute atomic E-state index is 0.00582. The van der Waals surface area contributed by atoms with Gasteiger partial charge in [0.2, 0.25) is 5.91 Å². The summed E-state index contributed by atoms with van der Waals surface area (Å²) in [4.78, 5) is 34.3. The van der Waals surface area contributed by atoms with Gasteiger partial charge in [-0.3, -0.25) is 14.4 Å². The standard InChI is InChI=1S/C15H26N4O4/c1-3-18-11(6-4-5-9-16)14(22)10(2)19-12(15(17)23)7-8-13(20)21/h3,11-12,18-19H,1-2,4-9,16H2,(H2,17,23)(H,20,21)/t11-,12-/m0/s1. The van der Waals surface area contributed by atoms with Crippen LogP contribution in [-0.2, 0) is 14.4 Å². The van der Waals surface area contributed by atoms with Crippen molar-refractivity contribution in [3.05, 3.63) is 25.1 Å². The summed E-state index contributed by atoms with van der Waals surface area (Å²) in [6, 6.07) is -1.50. The summed E-state index contributed by atoms with van der Waals surface area (Å²) in [6.45, 7) is 7.69. The molecule has 0 spiro atoms. The summed E-state index contributed by atoms with van der Waals surface area (Å²) in [5.74, 6) is -2.12. The molecule has 0 radical (unpaired) electrons. The lowest BCUT2D eigenvalue weighted by molar-refractivity contribution is -0.137. The first kappa shape index (κ1) is 20.6. The lowest BCUT2D eigenvalue weighted by atomic mass is 10.0. The fraction of sp³-hybridized carbons (Fsp3) is 0.533. The molecule has 23 heavy (non-hydrogen) atoms. The number of primary amides is 1. The zero-order valence-corrected chi connectivity index (χ0v) is 13.2. The molecule has 0 aromatic heterocycles. The Kier molecular flexibility index (Phi) is 10.1. The first-order valence-electron chi connectivity index (χ1n) is 7.41. The highest BCUT2D eigenvalue weighted by molar-refractivity contribution is 5.99. The zero-order valence-electron chi connectivity index (χ0n) is 13.2. The third-order valence-corrected chi connectivity index (χ3v) is 3.22. The van der Waals surface area contributed by atoms with Crippen molar-refractivity contribution in [1.29, 1.82) is 0 Å². The Bertz CT molecular complexity index is 451. The smallest absolute Gasteiger partial charge is 0.303 e. The number of hydrogen-bond donors (Lipinski definition) is 5. The van der Waals surface area contributed by atoms with E-state index in [-0.39, 0.29) is 24.3 Å². The van der Waals surface area contributed by atoms with Gasteiger partial charge in [0, 0.05) is 6.42 Å². The predicted molar refractivity (Wildman–Crippen MR) is 87.2 cm³/mol. The van der Waals surface area contributed by atoms with Crippen molar-refractivity contribution in [2.24, 2.45) is 11.5 Å². The number of carbonyl (C=O) groups is 3. The molecule has 0 saturated carbocycles. The highest BCUT2D eigenvalue weighted by Crippen LogP contribution is 2.07. The highest BCUT2D eigenvalue weighted by atomic mass is 16.4. The van der Waals surface area contributed by atoms with E-state index < -0.39 is 24.0 Å². The van der Waals surface area contributed by atoms with E-state index in [0.29, 0.717) is 13.0 Å². The van der Waals surface area contributed by atoms with Crippen LogP contribution in [0.4, 0.5) is 0 Å². The lowest BCUT2D eigenvalue weighted by Gasteiger charge is -2.21. The SMILES string of the molecule is C=CN[C@@H](CCCCN)C(=O)C(=C)N[C@@H](CCC(=O)O)C(N)=O. The number of Topliss-reactive ketones (excluding diaryl/α,β-unsaturated/α-hetero) is 1. The van der Waals surface area contributed by atoms with Crippen LogP contribution in [0.1, 0.15) is 32.1 Å². The van der Waals surface area contributed by atoms with E-state index in [2.05, 4.69) is 23.8 Å². The maximum atomic E-state index is 12.4. The molecular formula is C15H26N4O4. The van der Waals surface area contributed by atoms with Crippen molar-refractivity contribution in [1.82, 2.24) is 10.6 Å². The second kappa shape index (κ2) is 11.2. The number of aliphatic carboxylic acids is 1. The summed E-state index contributed by atoms with van der Waals surface area (Å²) in [5, 5.41) is 14.1. The molecule has 2 atom stereocenters. The molecule has 0 aliphatic carbocycles. The number of carboxylic acid groups (broad SMARTS) is 1. The molecule has 0 bridgehead atoms. The molecule has 0 aromatic carbocycles. The topological polar surface area (TPSA) is 148 Å². The van der Waals surface area contributed by atoms with E-state index >= 15 is 0 Å². The van der Waals surface area contributed by atoms with Crippen LogP contribution in [0.15, 0.2) is 25.1 Å². The van der Waals surface area contributed by atoms with Crippen LogP contribution in [-0.4, -0.2) is 41.4 Å². The Hall–Kier alpha value is -2.35. The second-order valence-electron chi connectivity index (χ2n) is 5.08. The molecule has 0 aliphatic heterocycles. The van der Waals surface area contributed by atoms with Gasteiger partial charge in [-0.2, -0.15) is 0 Å². The summed E-state index contributed by atoms with van der Waals surface area (Å²) >= 11 is 0. The Morgan fingerprint density at radius 2 is 1.83 bits per heavy atom. The molecule has 8 nitrogen and oxygen atoms in total. The first-order valence-corrected chi connectivity index (χ1v) is 7.41. The van der Waals surface area contributed by atoms with Crippen molar-refractivity contribution < 1.29 is 19.5 Å². The van der Waals surface area contributed by atoms with Gasteiger partial charge in [-0.15, -0.1) is 0 Å². The Labute approximate surface area is 136 Å². The Balaban J connectivity index is 4.72. The number of hydrogen-bond acceptors (Lipinski definition) is 6. The van der Waals surface area contributed by atoms with E-state index in [9.17, 15) is 14.4 Å². The number of carboxylic acids is 1. The van der Waals surface area contributed by atoms with E-state index in [4.69, 9.17) is 16.6 Å². The summed E-state index contributed by atoms with van der Waals surface area (Å²) < 4.78 is 0. The molecule has 1 amide bonds. The van der Waals surface area contributed by atoms with Gasteiger partial charge in [-0.25, -0.2) is 0 Å². The van der Waals surface area contributed by atoms with Crippen LogP contribution < -0.4 is 22.1 Å². The lowest BCUT2D eigenvalue weighted by Crippen LogP contribution is -2.45. The van der Waals surface area contributed by atoms with Crippen LogP contribution >= 0.6 is 0 Å². The molecule has 0 aromatic rings. The Morgan fingerprint density at radius 3 is 2.30 bits per heavy atom. The van der Waals surface area contributed by atoms with E-state index in [1.54, 1.807) is 0 Å². The van der Waals surface area contributed by atoms with Gasteiger partial charge in [0.15, 0.2) is 5.78 Å². The van der Waals surface area contributed by atoms with E-state index in [0.717, 1.165) is 12.8 Å². The van der Waals surface area contributed by atoms with Crippen LogP contribution in [0.2, 0.25) is 0 Å². The molecule has 130 valence electrons. The van der Waals surface area contributed by atoms with E-state index in [1.807, 2.05) is 0 Å². The molecule has 0 aliphatic rings. The minimum Gasteiger partial charge on any atom is -0.481 e. The summed E-state index contributed by atoms with van der Waals surface area (Å²) in [7, 11) is 0. The average molecular weight is 326 g/mol. The fourth-order valence-corrected chi connectivity index (χ4v) is 1.97. The predicted octanol–water partition coefficient (Wildman–Crippen LogP) is -0.392. The van der Waals surface area contributed by atoms with Crippen molar-refractivity contribution in [2.75, 3.05) is 6.54 Å². The molecule has 0 rings (SSSR count). The van der Waals surface area contributed by atoms with Gasteiger partial charge >= 0.3 is 5.97 Å². The number of rotatable bonds is 14. The van der Waals surface area contributed by atoms with Crippen LogP contribution in [0, 0.1) is 0 Å². The molecule has 0 unspecified atom stereocenters. The quantitative estimate of drug-likeness (QED) is 0.216. The maximum absolute atomic E-state index is 12.4. The first-order chi connectivity index (χ1) is 10.8. The van der Waals surface area contributed by atoms with Gasteiger partial charge in [0.1, 0.15) is 6.04 Å². The van der Waals surface area contributed by atoms with Gasteiger partial charge in [-0.05, 0) is 38.4 Å². The Morgan fingerprint density at radius 1 is 1.17 bits per heavy atom. The van der Waals surface area contributed by atoms with Crippen molar-refractivity contribution >= 4 is 17.7 Å². The molecule has 0 saturated heterocycles. The minimum atomic E-state index is -1.05. The molecule has 0 heterocycles. The zero-order chi connectivity index (χ0) is 17.8. The van der Waals surface area contributed by atoms with Crippen LogP contribution in [0.5, 0.6) is 0 Å². The number of unbranched alkanes of at least 4 members (excludes halogenated alkanes) is 1. The second-order valence-corrected chi connectivity index (χ2v) is 5.08. The molecule has 0 fully saturated rings. The number of amides is 1. The third-order valence-electron chi connectivity index (χ3n) is 3.22. The number of nitrogens with two attached hydrogens (primary N) is 2. The van der Waals surface area contributed by atoms with Crippen molar-refractivity contribution in [3.63, 3.8) is 0 Å². The summed E-state index contributed by atoms with van der Waals surface area (Å²) in [5.41, 5.74) is 10.6. The van der Waals surface area contributed by atoms with Crippen molar-refractivity contribution in [3.8, 4) is 0 Å². The van der Waals surface area contributed by atoms with Gasteiger partial charge in [0.25, 0.3) is 0 Å². The van der Waals surface area contributed by atoms with Crippen LogP contribution in [0.3, 0.4) is 0 Å². The van der Waals surface area contributed by atoms with Crippen LogP contribution in [0.25, 0.3) is 0 Å². The highest BCUT2D eigenvalue weighted by Gasteiger charge is 2.24. The number of ketones is 1. The average Bonchev–Trinajstić information content (AvgIpc) is 2.49. The van der Waals surface area contributed by atoms with Gasteiger partial charge < -0.3 is 27.2 Å². The maximum Gasteiger partial charge on any atom is 0.303 e. The van der Waals surface area contributed by atoms with Crippen molar-refractivity contribution in [2.45, 2.75) is 44.2 Å². The van der Waals surface area contributed by atoms with Gasteiger partial charge in [0.05, 0.1) is 11.7 Å². The number of carbonyl (C=O) groups excluding carboxylic acids is 2. The monoisotopic (exact) mass is 326 g/mol.